The highest BCUT2D eigenvalue weighted by atomic mass is 32.1. The summed E-state index contributed by atoms with van der Waals surface area (Å²) < 4.78 is 1.85. The molecule has 0 spiro atoms. The minimum absolute atomic E-state index is 0.226. The third-order valence-corrected chi connectivity index (χ3v) is 4.12. The summed E-state index contributed by atoms with van der Waals surface area (Å²) in [4.78, 5) is 17.1. The molecule has 6 nitrogen and oxygen atoms in total. The Morgan fingerprint density at radius 2 is 2.13 bits per heavy atom. The Bertz CT molecular complexity index is 764. The minimum atomic E-state index is -0.226. The molecule has 0 saturated heterocycles. The van der Waals surface area contributed by atoms with E-state index in [4.69, 9.17) is 0 Å². The predicted octanol–water partition coefficient (Wildman–Crippen LogP) is 3.02. The van der Waals surface area contributed by atoms with Crippen LogP contribution in [0, 0.1) is 6.92 Å². The number of nitrogens with zero attached hydrogens (tertiary/aromatic N) is 3. The van der Waals surface area contributed by atoms with Crippen LogP contribution in [0.3, 0.4) is 0 Å². The molecule has 7 heteroatoms. The van der Waals surface area contributed by atoms with E-state index in [1.807, 2.05) is 48.1 Å². The summed E-state index contributed by atoms with van der Waals surface area (Å²) in [5.41, 5.74) is 1.88. The number of nitrogens with one attached hydrogen (secondary N) is 2. The number of benzene rings is 1. The van der Waals surface area contributed by atoms with E-state index in [9.17, 15) is 4.79 Å². The minimum Gasteiger partial charge on any atom is -0.333 e. The second kappa shape index (κ2) is 7.06. The Hall–Kier alpha value is -2.67. The quantitative estimate of drug-likeness (QED) is 0.756. The number of urea groups is 1. The lowest BCUT2D eigenvalue weighted by Gasteiger charge is -2.08. The number of carbonyl (C=O) groups is 1. The lowest BCUT2D eigenvalue weighted by molar-refractivity contribution is 0.252. The van der Waals surface area contributed by atoms with Gasteiger partial charge in [-0.1, -0.05) is 12.1 Å². The first-order valence-electron chi connectivity index (χ1n) is 7.21. The van der Waals surface area contributed by atoms with Crippen LogP contribution in [0.25, 0.3) is 0 Å². The summed E-state index contributed by atoms with van der Waals surface area (Å²) in [7, 11) is 0. The topological polar surface area (TPSA) is 71.8 Å². The maximum atomic E-state index is 11.9. The number of rotatable bonds is 5. The molecule has 3 rings (SSSR count). The first-order valence-corrected chi connectivity index (χ1v) is 8.03. The molecule has 2 aromatic heterocycles. The van der Waals surface area contributed by atoms with Gasteiger partial charge in [0.15, 0.2) is 0 Å². The van der Waals surface area contributed by atoms with Crippen molar-refractivity contribution in [2.45, 2.75) is 20.0 Å². The number of aromatic nitrogens is 3. The van der Waals surface area contributed by atoms with Gasteiger partial charge in [0.25, 0.3) is 0 Å². The van der Waals surface area contributed by atoms with Crippen molar-refractivity contribution in [1.29, 1.82) is 0 Å². The third kappa shape index (κ3) is 4.40. The summed E-state index contributed by atoms with van der Waals surface area (Å²) in [5, 5.41) is 10.8. The molecule has 0 bridgehead atoms. The van der Waals surface area contributed by atoms with Crippen LogP contribution in [0.15, 0.2) is 48.9 Å². The highest BCUT2D eigenvalue weighted by molar-refractivity contribution is 7.11. The van der Waals surface area contributed by atoms with E-state index in [1.165, 1.54) is 0 Å². The number of thiazole rings is 1. The average molecular weight is 327 g/mol. The summed E-state index contributed by atoms with van der Waals surface area (Å²) in [5.74, 6) is 0. The van der Waals surface area contributed by atoms with Crippen molar-refractivity contribution in [2.75, 3.05) is 5.32 Å². The molecule has 23 heavy (non-hydrogen) atoms. The van der Waals surface area contributed by atoms with Crippen LogP contribution < -0.4 is 10.6 Å². The van der Waals surface area contributed by atoms with Gasteiger partial charge in [-0.05, 0) is 30.7 Å². The molecule has 2 N–H and O–H groups in total. The molecule has 1 aromatic carbocycles. The van der Waals surface area contributed by atoms with Crippen molar-refractivity contribution in [2.24, 2.45) is 0 Å². The first-order chi connectivity index (χ1) is 11.2. The van der Waals surface area contributed by atoms with E-state index in [0.717, 1.165) is 21.1 Å². The molecule has 0 unspecified atom stereocenters. The number of hydrogen-bond donors (Lipinski definition) is 2. The fourth-order valence-corrected chi connectivity index (χ4v) is 2.84. The Kier molecular flexibility index (Phi) is 4.68. The molecule has 0 aliphatic rings. The van der Waals surface area contributed by atoms with Gasteiger partial charge in [0.2, 0.25) is 0 Å². The zero-order valence-electron chi connectivity index (χ0n) is 12.7. The van der Waals surface area contributed by atoms with E-state index in [1.54, 1.807) is 23.7 Å². The van der Waals surface area contributed by atoms with Gasteiger partial charge in [0, 0.05) is 29.2 Å². The zero-order valence-corrected chi connectivity index (χ0v) is 13.5. The van der Waals surface area contributed by atoms with Crippen LogP contribution in [0.1, 0.15) is 15.4 Å². The molecule has 2 heterocycles. The van der Waals surface area contributed by atoms with Gasteiger partial charge in [-0.15, -0.1) is 11.3 Å². The standard InChI is InChI=1S/C16H17N5OS/c1-12-17-9-15(23-12)10-18-16(22)20-14-5-3-13(4-6-14)11-21-8-2-7-19-21/h2-9H,10-11H2,1H3,(H2,18,20,22). The summed E-state index contributed by atoms with van der Waals surface area (Å²) in [6.45, 7) is 3.14. The molecule has 2 amide bonds. The second-order valence-electron chi connectivity index (χ2n) is 5.05. The summed E-state index contributed by atoms with van der Waals surface area (Å²) >= 11 is 1.58. The zero-order chi connectivity index (χ0) is 16.1. The maximum absolute atomic E-state index is 11.9. The van der Waals surface area contributed by atoms with Crippen molar-refractivity contribution in [1.82, 2.24) is 20.1 Å². The smallest absolute Gasteiger partial charge is 0.319 e. The predicted molar refractivity (Wildman–Crippen MR) is 90.5 cm³/mol. The van der Waals surface area contributed by atoms with E-state index < -0.39 is 0 Å². The van der Waals surface area contributed by atoms with Gasteiger partial charge in [-0.2, -0.15) is 5.10 Å². The highest BCUT2D eigenvalue weighted by Gasteiger charge is 2.04. The van der Waals surface area contributed by atoms with Gasteiger partial charge < -0.3 is 10.6 Å². The molecule has 118 valence electrons. The molecule has 0 saturated carbocycles. The normalized spacial score (nSPS) is 10.5. The molecule has 0 aliphatic carbocycles. The van der Waals surface area contributed by atoms with E-state index in [-0.39, 0.29) is 6.03 Å². The van der Waals surface area contributed by atoms with Crippen LogP contribution in [0.4, 0.5) is 10.5 Å². The summed E-state index contributed by atoms with van der Waals surface area (Å²) in [6.07, 6.45) is 5.45. The number of carbonyl (C=O) groups excluding carboxylic acids is 1. The number of hydrogen-bond acceptors (Lipinski definition) is 4. The van der Waals surface area contributed by atoms with Crippen molar-refractivity contribution < 1.29 is 4.79 Å². The van der Waals surface area contributed by atoms with Gasteiger partial charge in [0.05, 0.1) is 18.1 Å². The lowest BCUT2D eigenvalue weighted by atomic mass is 10.2. The molecular formula is C16H17N5OS. The SMILES string of the molecule is Cc1ncc(CNC(=O)Nc2ccc(Cn3cccn3)cc2)s1. The lowest BCUT2D eigenvalue weighted by Crippen LogP contribution is -2.27. The van der Waals surface area contributed by atoms with Gasteiger partial charge in [-0.3, -0.25) is 4.68 Å². The van der Waals surface area contributed by atoms with E-state index in [2.05, 4.69) is 20.7 Å². The molecule has 0 fully saturated rings. The Balaban J connectivity index is 1.50. The van der Waals surface area contributed by atoms with Crippen LogP contribution in [0.2, 0.25) is 0 Å². The molecule has 0 aliphatic heterocycles. The fourth-order valence-electron chi connectivity index (χ4n) is 2.10. The molecule has 0 atom stereocenters. The fraction of sp³-hybridized carbons (Fsp3) is 0.188. The maximum Gasteiger partial charge on any atom is 0.319 e. The van der Waals surface area contributed by atoms with E-state index >= 15 is 0 Å². The van der Waals surface area contributed by atoms with Crippen LogP contribution >= 0.6 is 11.3 Å². The van der Waals surface area contributed by atoms with E-state index in [0.29, 0.717) is 13.1 Å². The summed E-state index contributed by atoms with van der Waals surface area (Å²) in [6, 6.07) is 9.39. The first kappa shape index (κ1) is 15.2. The van der Waals surface area contributed by atoms with Crippen molar-refractivity contribution in [3.63, 3.8) is 0 Å². The number of anilines is 1. The number of amides is 2. The molecule has 3 aromatic rings. The van der Waals surface area contributed by atoms with Crippen molar-refractivity contribution >= 4 is 23.1 Å². The van der Waals surface area contributed by atoms with Crippen LogP contribution in [-0.4, -0.2) is 20.8 Å². The molecule has 0 radical (unpaired) electrons. The Labute approximate surface area is 138 Å². The average Bonchev–Trinajstić information content (AvgIpc) is 3.19. The Morgan fingerprint density at radius 1 is 1.30 bits per heavy atom. The van der Waals surface area contributed by atoms with Gasteiger partial charge in [0.1, 0.15) is 0 Å². The highest BCUT2D eigenvalue weighted by Crippen LogP contribution is 2.12. The van der Waals surface area contributed by atoms with Crippen molar-refractivity contribution in [3.05, 3.63) is 64.4 Å². The second-order valence-corrected chi connectivity index (χ2v) is 6.37. The van der Waals surface area contributed by atoms with Crippen LogP contribution in [-0.2, 0) is 13.1 Å². The van der Waals surface area contributed by atoms with Gasteiger partial charge >= 0.3 is 6.03 Å². The Morgan fingerprint density at radius 3 is 2.78 bits per heavy atom. The largest absolute Gasteiger partial charge is 0.333 e. The van der Waals surface area contributed by atoms with Crippen LogP contribution in [0.5, 0.6) is 0 Å². The monoisotopic (exact) mass is 327 g/mol. The third-order valence-electron chi connectivity index (χ3n) is 3.21. The molecular weight excluding hydrogens is 310 g/mol. The number of aryl methyl sites for hydroxylation is 1. The van der Waals surface area contributed by atoms with Gasteiger partial charge in [-0.25, -0.2) is 9.78 Å². The van der Waals surface area contributed by atoms with Crippen molar-refractivity contribution in [3.8, 4) is 0 Å².